The molecule has 1 N–H and O–H groups in total. The van der Waals surface area contributed by atoms with Gasteiger partial charge in [-0.2, -0.15) is 4.99 Å². The van der Waals surface area contributed by atoms with Gasteiger partial charge in [0.25, 0.3) is 0 Å². The van der Waals surface area contributed by atoms with Crippen molar-refractivity contribution in [3.8, 4) is 17.2 Å². The zero-order valence-corrected chi connectivity index (χ0v) is 12.6. The van der Waals surface area contributed by atoms with E-state index >= 15 is 0 Å². The van der Waals surface area contributed by atoms with Crippen molar-refractivity contribution in [3.63, 3.8) is 0 Å². The Morgan fingerprint density at radius 1 is 1.09 bits per heavy atom. The first-order valence-electron chi connectivity index (χ1n) is 6.23. The smallest absolute Gasteiger partial charge is 0.325 e. The van der Waals surface area contributed by atoms with E-state index in [-0.39, 0.29) is 29.0 Å². The third-order valence-electron chi connectivity index (χ3n) is 2.96. The molecule has 118 valence electrons. The Hall–Kier alpha value is -2.74. The van der Waals surface area contributed by atoms with E-state index in [1.165, 1.54) is 34.5 Å². The second-order valence-corrected chi connectivity index (χ2v) is 4.18. The van der Waals surface area contributed by atoms with Crippen molar-refractivity contribution in [3.05, 3.63) is 23.4 Å². The number of carbonyl (C=O) groups excluding carboxylic acids is 1. The molecular formula is C14H16N2O6. The minimum atomic E-state index is -0.467. The van der Waals surface area contributed by atoms with E-state index in [2.05, 4.69) is 4.99 Å². The summed E-state index contributed by atoms with van der Waals surface area (Å²) in [6.07, 6.45) is 1.50. The lowest BCUT2D eigenvalue weighted by molar-refractivity contribution is -0.152. The molecule has 8 nitrogen and oxygen atoms in total. The van der Waals surface area contributed by atoms with Crippen molar-refractivity contribution < 1.29 is 28.9 Å². The number of benzene rings is 1. The predicted molar refractivity (Wildman–Crippen MR) is 77.5 cm³/mol. The fourth-order valence-electron chi connectivity index (χ4n) is 1.93. The van der Waals surface area contributed by atoms with Crippen LogP contribution in [-0.4, -0.2) is 50.5 Å². The average Bonchev–Trinajstić information content (AvgIpc) is 2.84. The van der Waals surface area contributed by atoms with E-state index in [0.717, 1.165) is 5.06 Å². The van der Waals surface area contributed by atoms with Crippen LogP contribution in [0, 0.1) is 0 Å². The summed E-state index contributed by atoms with van der Waals surface area (Å²) in [6, 6.07) is 3.14. The van der Waals surface area contributed by atoms with Gasteiger partial charge in [-0.15, -0.1) is 5.06 Å². The fourth-order valence-corrected chi connectivity index (χ4v) is 1.93. The zero-order valence-electron chi connectivity index (χ0n) is 12.6. The molecule has 1 aromatic carbocycles. The molecule has 0 saturated heterocycles. The minimum Gasteiger partial charge on any atom is -0.502 e. The highest BCUT2D eigenvalue weighted by atomic mass is 16.7. The molecule has 8 heteroatoms. The lowest BCUT2D eigenvalue weighted by Crippen LogP contribution is -2.31. The van der Waals surface area contributed by atoms with Gasteiger partial charge < -0.3 is 19.3 Å². The summed E-state index contributed by atoms with van der Waals surface area (Å²) in [6.45, 7) is 0. The maximum atomic E-state index is 12.1. The van der Waals surface area contributed by atoms with Crippen LogP contribution in [0.4, 0.5) is 0 Å². The molecule has 1 aliphatic heterocycles. The van der Waals surface area contributed by atoms with E-state index in [1.54, 1.807) is 12.1 Å². The topological polar surface area (TPSA) is 89.8 Å². The second-order valence-electron chi connectivity index (χ2n) is 4.18. The van der Waals surface area contributed by atoms with Crippen LogP contribution in [0.2, 0.25) is 0 Å². The van der Waals surface area contributed by atoms with Gasteiger partial charge in [0.05, 0.1) is 28.4 Å². The Morgan fingerprint density at radius 2 is 1.68 bits per heavy atom. The van der Waals surface area contributed by atoms with Crippen molar-refractivity contribution in [1.29, 1.82) is 0 Å². The maximum Gasteiger partial charge on any atom is 0.325 e. The number of hydrogen-bond donors (Lipinski definition) is 1. The van der Waals surface area contributed by atoms with Crippen molar-refractivity contribution in [2.45, 2.75) is 0 Å². The summed E-state index contributed by atoms with van der Waals surface area (Å²) in [5.41, 5.74) is 0.681. The van der Waals surface area contributed by atoms with E-state index in [4.69, 9.17) is 19.0 Å². The SMILES string of the molecule is COC1=NC(=Cc2cc(OC)c(O)c(OC)c2)C(=O)N1OC. The van der Waals surface area contributed by atoms with E-state index < -0.39 is 5.91 Å². The predicted octanol–water partition coefficient (Wildman–Crippen LogP) is 1.16. The molecule has 0 spiro atoms. The molecule has 22 heavy (non-hydrogen) atoms. The molecule has 1 aromatic rings. The quantitative estimate of drug-likeness (QED) is 0.839. The number of nitrogens with zero attached hydrogens (tertiary/aromatic N) is 2. The molecule has 0 saturated carbocycles. The largest absolute Gasteiger partial charge is 0.502 e. The van der Waals surface area contributed by atoms with Crippen LogP contribution in [-0.2, 0) is 14.4 Å². The maximum absolute atomic E-state index is 12.1. The third kappa shape index (κ3) is 2.68. The van der Waals surface area contributed by atoms with Crippen LogP contribution in [0.25, 0.3) is 6.08 Å². The Bertz CT molecular complexity index is 628. The van der Waals surface area contributed by atoms with Crippen LogP contribution in [0.5, 0.6) is 17.2 Å². The Morgan fingerprint density at radius 3 is 2.09 bits per heavy atom. The molecule has 0 aromatic heterocycles. The summed E-state index contributed by atoms with van der Waals surface area (Å²) in [7, 11) is 5.55. The number of phenolic OH excluding ortho intramolecular Hbond substituents is 1. The molecule has 1 heterocycles. The number of phenols is 1. The van der Waals surface area contributed by atoms with Gasteiger partial charge in [-0.25, -0.2) is 0 Å². The van der Waals surface area contributed by atoms with Crippen LogP contribution in [0.3, 0.4) is 0 Å². The van der Waals surface area contributed by atoms with Gasteiger partial charge in [-0.3, -0.25) is 9.63 Å². The zero-order chi connectivity index (χ0) is 16.3. The first-order valence-corrected chi connectivity index (χ1v) is 6.23. The van der Waals surface area contributed by atoms with Crippen molar-refractivity contribution in [1.82, 2.24) is 5.06 Å². The Labute approximate surface area is 127 Å². The molecular weight excluding hydrogens is 292 g/mol. The van der Waals surface area contributed by atoms with Gasteiger partial charge in [0.1, 0.15) is 5.70 Å². The van der Waals surface area contributed by atoms with E-state index in [9.17, 15) is 9.90 Å². The average molecular weight is 308 g/mol. The number of amidine groups is 1. The molecule has 1 amide bonds. The Balaban J connectivity index is 2.45. The lowest BCUT2D eigenvalue weighted by atomic mass is 10.1. The summed E-state index contributed by atoms with van der Waals surface area (Å²) in [4.78, 5) is 21.0. The summed E-state index contributed by atoms with van der Waals surface area (Å²) >= 11 is 0. The molecule has 0 fully saturated rings. The normalized spacial score (nSPS) is 16.0. The van der Waals surface area contributed by atoms with Crippen LogP contribution < -0.4 is 9.47 Å². The molecule has 0 unspecified atom stereocenters. The number of hydroxylamine groups is 2. The highest BCUT2D eigenvalue weighted by Gasteiger charge is 2.32. The number of hydrogen-bond acceptors (Lipinski definition) is 7. The molecule has 0 radical (unpaired) electrons. The first kappa shape index (κ1) is 15.6. The number of ether oxygens (including phenoxy) is 3. The molecule has 0 bridgehead atoms. The van der Waals surface area contributed by atoms with Crippen molar-refractivity contribution in [2.24, 2.45) is 4.99 Å². The second kappa shape index (κ2) is 6.35. The van der Waals surface area contributed by atoms with Gasteiger partial charge in [0, 0.05) is 0 Å². The summed E-state index contributed by atoms with van der Waals surface area (Å²) in [5.74, 6) is -0.151. The number of amides is 1. The number of methoxy groups -OCH3 is 3. The number of carbonyl (C=O) groups is 1. The highest BCUT2D eigenvalue weighted by molar-refractivity contribution is 6.11. The van der Waals surface area contributed by atoms with Crippen LogP contribution in [0.1, 0.15) is 5.56 Å². The van der Waals surface area contributed by atoms with Gasteiger partial charge in [0.2, 0.25) is 5.75 Å². The standard InChI is InChI=1S/C14H16N2O6/c1-19-10-6-8(7-11(20-2)12(10)17)5-9-13(18)16(22-4)14(15-9)21-3/h5-7,17H,1-4H3. The van der Waals surface area contributed by atoms with E-state index in [1.807, 2.05) is 0 Å². The van der Waals surface area contributed by atoms with Gasteiger partial charge in [-0.05, 0) is 23.8 Å². The highest BCUT2D eigenvalue weighted by Crippen LogP contribution is 2.37. The van der Waals surface area contributed by atoms with Gasteiger partial charge in [0.15, 0.2) is 11.5 Å². The molecule has 2 rings (SSSR count). The number of aliphatic imine (C=N–C) groups is 1. The fraction of sp³-hybridized carbons (Fsp3) is 0.286. The lowest BCUT2D eigenvalue weighted by Gasteiger charge is -2.12. The van der Waals surface area contributed by atoms with Gasteiger partial charge in [-0.1, -0.05) is 0 Å². The Kier molecular flexibility index (Phi) is 4.52. The molecule has 1 aliphatic rings. The monoisotopic (exact) mass is 308 g/mol. The summed E-state index contributed by atoms with van der Waals surface area (Å²) < 4.78 is 15.1. The van der Waals surface area contributed by atoms with Crippen LogP contribution >= 0.6 is 0 Å². The minimum absolute atomic E-state index is 0.0384. The number of rotatable bonds is 4. The molecule has 0 aliphatic carbocycles. The summed E-state index contributed by atoms with van der Waals surface area (Å²) in [5, 5.41) is 10.8. The van der Waals surface area contributed by atoms with Crippen LogP contribution in [0.15, 0.2) is 22.8 Å². The molecule has 0 atom stereocenters. The number of aromatic hydroxyl groups is 1. The van der Waals surface area contributed by atoms with Crippen molar-refractivity contribution >= 4 is 18.0 Å². The van der Waals surface area contributed by atoms with E-state index in [0.29, 0.717) is 5.56 Å². The van der Waals surface area contributed by atoms with Gasteiger partial charge >= 0.3 is 11.9 Å². The third-order valence-corrected chi connectivity index (χ3v) is 2.96. The first-order chi connectivity index (χ1) is 10.5. The van der Waals surface area contributed by atoms with Crippen molar-refractivity contribution in [2.75, 3.05) is 28.4 Å².